The number of halogens is 1. The van der Waals surface area contributed by atoms with Gasteiger partial charge in [0.2, 0.25) is 0 Å². The lowest BCUT2D eigenvalue weighted by Crippen LogP contribution is -2.46. The summed E-state index contributed by atoms with van der Waals surface area (Å²) < 4.78 is 0. The third-order valence-corrected chi connectivity index (χ3v) is 5.85. The van der Waals surface area contributed by atoms with Crippen LogP contribution in [0, 0.1) is 13.8 Å². The highest BCUT2D eigenvalue weighted by Gasteiger charge is 2.18. The van der Waals surface area contributed by atoms with E-state index in [0.29, 0.717) is 0 Å². The van der Waals surface area contributed by atoms with Gasteiger partial charge in [0, 0.05) is 50.3 Å². The number of likely N-dealkylation sites (N-methyl/N-ethyl adjacent to an activating group) is 1. The number of aromatic nitrogens is 4. The number of hydrogen-bond donors (Lipinski definition) is 1. The van der Waals surface area contributed by atoms with Crippen LogP contribution in [-0.4, -0.2) is 57.6 Å². The van der Waals surface area contributed by atoms with Crippen LogP contribution in [0.3, 0.4) is 0 Å². The third-order valence-electron chi connectivity index (χ3n) is 4.89. The minimum atomic E-state index is 0. The molecule has 4 heterocycles. The fourth-order valence-electron chi connectivity index (χ4n) is 3.34. The van der Waals surface area contributed by atoms with Crippen molar-refractivity contribution in [3.05, 3.63) is 42.1 Å². The van der Waals surface area contributed by atoms with Gasteiger partial charge < -0.3 is 15.1 Å². The van der Waals surface area contributed by atoms with Crippen LogP contribution in [0.15, 0.2) is 30.6 Å². The lowest BCUT2D eigenvalue weighted by Gasteiger charge is -2.34. The molecule has 0 bridgehead atoms. The smallest absolute Gasteiger partial charge is 0.188 e. The van der Waals surface area contributed by atoms with E-state index in [1.165, 1.54) is 0 Å². The Balaban J connectivity index is 0.00000240. The quantitative estimate of drug-likeness (QED) is 0.656. The fraction of sp³-hybridized carbons (Fsp3) is 0.400. The molecular weight excluding hydrogens is 406 g/mol. The van der Waals surface area contributed by atoms with Gasteiger partial charge in [0.1, 0.15) is 17.5 Å². The van der Waals surface area contributed by atoms with Crippen molar-refractivity contribution in [3.8, 4) is 10.4 Å². The third kappa shape index (κ3) is 5.20. The number of piperazine rings is 1. The summed E-state index contributed by atoms with van der Waals surface area (Å²) in [5.41, 5.74) is 2.13. The van der Waals surface area contributed by atoms with Gasteiger partial charge in [-0.2, -0.15) is 0 Å². The van der Waals surface area contributed by atoms with Crippen LogP contribution in [-0.2, 0) is 0 Å². The molecule has 1 aliphatic rings. The Hall–Kier alpha value is -2.29. The summed E-state index contributed by atoms with van der Waals surface area (Å²) in [5.74, 6) is 2.53. The number of aryl methyl sites for hydroxylation is 2. The number of nitrogens with zero attached hydrogens (tertiary/aromatic N) is 6. The first-order valence-corrected chi connectivity index (χ1v) is 10.4. The van der Waals surface area contributed by atoms with Crippen LogP contribution in [0.25, 0.3) is 10.4 Å². The van der Waals surface area contributed by atoms with E-state index in [9.17, 15) is 0 Å². The minimum Gasteiger partial charge on any atom is -0.354 e. The average Bonchev–Trinajstić information content (AvgIpc) is 3.16. The summed E-state index contributed by atoms with van der Waals surface area (Å²) in [6, 6.07) is 6.10. The van der Waals surface area contributed by atoms with Gasteiger partial charge in [0.25, 0.3) is 0 Å². The molecule has 9 heteroatoms. The summed E-state index contributed by atoms with van der Waals surface area (Å²) in [5, 5.41) is 4.18. The molecule has 1 fully saturated rings. The highest BCUT2D eigenvalue weighted by Crippen LogP contribution is 2.31. The molecule has 4 rings (SSSR count). The Morgan fingerprint density at radius 1 is 1.07 bits per heavy atom. The van der Waals surface area contributed by atoms with Crippen molar-refractivity contribution < 1.29 is 0 Å². The Bertz CT molecular complexity index is 954. The number of rotatable bonds is 5. The lowest BCUT2D eigenvalue weighted by atomic mass is 10.2. The first kappa shape index (κ1) is 21.4. The number of thiazole rings is 1. The van der Waals surface area contributed by atoms with E-state index in [1.54, 1.807) is 11.3 Å². The number of nitrogens with one attached hydrogen (secondary N) is 1. The Labute approximate surface area is 181 Å². The van der Waals surface area contributed by atoms with E-state index < -0.39 is 0 Å². The average molecular weight is 432 g/mol. The maximum Gasteiger partial charge on any atom is 0.188 e. The molecule has 1 saturated heterocycles. The van der Waals surface area contributed by atoms with E-state index in [4.69, 9.17) is 0 Å². The molecule has 0 aromatic carbocycles. The summed E-state index contributed by atoms with van der Waals surface area (Å²) in [6.07, 6.45) is 3.72. The largest absolute Gasteiger partial charge is 0.354 e. The molecule has 0 saturated carbocycles. The van der Waals surface area contributed by atoms with Gasteiger partial charge in [0.05, 0.1) is 4.88 Å². The van der Waals surface area contributed by atoms with Gasteiger partial charge in [-0.05, 0) is 38.1 Å². The number of pyridine rings is 1. The topological polar surface area (TPSA) is 70.1 Å². The monoisotopic (exact) mass is 431 g/mol. The zero-order valence-corrected chi connectivity index (χ0v) is 18.6. The Morgan fingerprint density at radius 2 is 1.86 bits per heavy atom. The fourth-order valence-corrected chi connectivity index (χ4v) is 4.16. The molecule has 0 amide bonds. The van der Waals surface area contributed by atoms with Gasteiger partial charge in [-0.3, -0.25) is 4.98 Å². The van der Waals surface area contributed by atoms with Crippen molar-refractivity contribution >= 4 is 40.5 Å². The molecule has 0 atom stereocenters. The van der Waals surface area contributed by atoms with Crippen LogP contribution in [0.1, 0.15) is 18.4 Å². The summed E-state index contributed by atoms with van der Waals surface area (Å²) in [7, 11) is 0. The van der Waals surface area contributed by atoms with Crippen molar-refractivity contribution in [1.29, 1.82) is 0 Å². The first-order valence-electron chi connectivity index (χ1n) is 9.59. The molecule has 1 N–H and O–H groups in total. The lowest BCUT2D eigenvalue weighted by molar-refractivity contribution is 0.270. The molecule has 0 unspecified atom stereocenters. The molecule has 154 valence electrons. The maximum atomic E-state index is 4.64. The van der Waals surface area contributed by atoms with Crippen LogP contribution >= 0.6 is 23.7 Å². The highest BCUT2D eigenvalue weighted by atomic mass is 35.5. The summed E-state index contributed by atoms with van der Waals surface area (Å²) >= 11 is 1.61. The van der Waals surface area contributed by atoms with Crippen molar-refractivity contribution in [1.82, 2.24) is 24.8 Å². The summed E-state index contributed by atoms with van der Waals surface area (Å²) in [4.78, 5) is 23.9. The molecule has 0 spiro atoms. The predicted molar refractivity (Wildman–Crippen MR) is 122 cm³/mol. The number of anilines is 3. The van der Waals surface area contributed by atoms with E-state index in [1.807, 2.05) is 38.4 Å². The molecule has 0 radical (unpaired) electrons. The predicted octanol–water partition coefficient (Wildman–Crippen LogP) is 3.92. The van der Waals surface area contributed by atoms with Gasteiger partial charge in [-0.25, -0.2) is 15.0 Å². The molecule has 3 aromatic rings. The van der Waals surface area contributed by atoms with Crippen molar-refractivity contribution in [2.24, 2.45) is 0 Å². The normalized spacial score (nSPS) is 14.5. The Kier molecular flexibility index (Phi) is 7.00. The molecule has 1 aliphatic heterocycles. The summed E-state index contributed by atoms with van der Waals surface area (Å²) in [6.45, 7) is 11.4. The SMILES string of the molecule is CCN1CCN(c2cc(Nc3ncc(-c4ccnc(C)c4)s3)nc(C)n2)CC1.Cl. The van der Waals surface area contributed by atoms with Gasteiger partial charge >= 0.3 is 0 Å². The van der Waals surface area contributed by atoms with Crippen LogP contribution < -0.4 is 10.2 Å². The second-order valence-electron chi connectivity index (χ2n) is 6.92. The standard InChI is InChI=1S/C20H25N7S.ClH/c1-4-26-7-9-27(10-8-26)19-12-18(23-15(3)24-19)25-20-22-13-17(28-20)16-5-6-21-14(2)11-16;/h5-6,11-13H,4,7-10H2,1-3H3,(H,22,23,24,25);1H. The van der Waals surface area contributed by atoms with Gasteiger partial charge in [-0.15, -0.1) is 12.4 Å². The van der Waals surface area contributed by atoms with E-state index in [0.717, 1.165) is 71.4 Å². The van der Waals surface area contributed by atoms with Crippen LogP contribution in [0.2, 0.25) is 0 Å². The van der Waals surface area contributed by atoms with E-state index >= 15 is 0 Å². The number of hydrogen-bond acceptors (Lipinski definition) is 8. The van der Waals surface area contributed by atoms with E-state index in [2.05, 4.69) is 48.0 Å². The van der Waals surface area contributed by atoms with Gasteiger partial charge in [0.15, 0.2) is 5.13 Å². The highest BCUT2D eigenvalue weighted by molar-refractivity contribution is 7.18. The van der Waals surface area contributed by atoms with Crippen molar-refractivity contribution in [3.63, 3.8) is 0 Å². The first-order chi connectivity index (χ1) is 13.6. The zero-order valence-electron chi connectivity index (χ0n) is 16.9. The molecule has 29 heavy (non-hydrogen) atoms. The zero-order chi connectivity index (χ0) is 19.5. The van der Waals surface area contributed by atoms with Crippen molar-refractivity contribution in [2.45, 2.75) is 20.8 Å². The molecule has 3 aromatic heterocycles. The molecule has 0 aliphatic carbocycles. The van der Waals surface area contributed by atoms with Crippen LogP contribution in [0.4, 0.5) is 16.8 Å². The van der Waals surface area contributed by atoms with Gasteiger partial charge in [-0.1, -0.05) is 18.3 Å². The minimum absolute atomic E-state index is 0. The van der Waals surface area contributed by atoms with Crippen molar-refractivity contribution in [2.75, 3.05) is 42.9 Å². The van der Waals surface area contributed by atoms with Crippen LogP contribution in [0.5, 0.6) is 0 Å². The van der Waals surface area contributed by atoms with E-state index in [-0.39, 0.29) is 12.4 Å². The molecular formula is C20H26ClN7S. The Morgan fingerprint density at radius 3 is 2.59 bits per heavy atom. The second-order valence-corrected chi connectivity index (χ2v) is 7.95. The maximum absolute atomic E-state index is 4.64. The second kappa shape index (κ2) is 9.47. The molecule has 7 nitrogen and oxygen atoms in total.